The van der Waals surface area contributed by atoms with E-state index >= 15 is 0 Å². The lowest BCUT2D eigenvalue weighted by Crippen LogP contribution is -2.60. The zero-order chi connectivity index (χ0) is 22.7. The number of primary amides is 1. The van der Waals surface area contributed by atoms with Gasteiger partial charge >= 0.3 is 10.2 Å². The van der Waals surface area contributed by atoms with Gasteiger partial charge in [0.25, 0.3) is 0 Å². The SMILES string of the molecule is NC(=O)CC12CC3CC(C1)C(NC(=O)CN1CCN(c4ccccc4Cl)S1(=O)=O)C(C3)C2. The summed E-state index contributed by atoms with van der Waals surface area (Å²) in [7, 11) is -3.81. The Bertz CT molecular complexity index is 1030. The number of carbonyl (C=O) groups is 2. The Morgan fingerprint density at radius 2 is 1.81 bits per heavy atom. The molecular weight excluding hydrogens is 452 g/mol. The highest BCUT2D eigenvalue weighted by Crippen LogP contribution is 2.61. The van der Waals surface area contributed by atoms with Crippen LogP contribution >= 0.6 is 11.6 Å². The molecule has 0 radical (unpaired) electrons. The molecule has 6 rings (SSSR count). The number of hydrogen-bond donors (Lipinski definition) is 2. The molecule has 3 N–H and O–H groups in total. The average Bonchev–Trinajstić information content (AvgIpc) is 2.97. The number of rotatable bonds is 6. The van der Waals surface area contributed by atoms with Gasteiger partial charge in [-0.2, -0.15) is 12.7 Å². The molecular formula is C22H29ClN4O4S. The van der Waals surface area contributed by atoms with E-state index in [1.165, 1.54) is 8.61 Å². The standard InChI is InChI=1S/C22H29ClN4O4S/c23-17-3-1-2-4-18(17)27-6-5-26(32(27,30)31)13-20(29)25-21-15-7-14-8-16(21)11-22(9-14,10-15)12-19(24)28/h1-4,14-16,21H,5-13H2,(H2,24,28)(H,25,29). The molecule has 1 aliphatic heterocycles. The molecule has 2 unspecified atom stereocenters. The van der Waals surface area contributed by atoms with Crippen LogP contribution in [0.15, 0.2) is 24.3 Å². The van der Waals surface area contributed by atoms with Crippen molar-refractivity contribution in [2.75, 3.05) is 23.9 Å². The summed E-state index contributed by atoms with van der Waals surface area (Å²) >= 11 is 6.19. The first kappa shape index (κ1) is 22.0. The minimum atomic E-state index is -3.81. The van der Waals surface area contributed by atoms with Crippen molar-refractivity contribution in [1.29, 1.82) is 0 Å². The highest BCUT2D eigenvalue weighted by atomic mass is 35.5. The second kappa shape index (κ2) is 7.88. The van der Waals surface area contributed by atoms with E-state index in [-0.39, 0.29) is 42.9 Å². The Morgan fingerprint density at radius 3 is 2.47 bits per heavy atom. The number of para-hydroxylation sites is 1. The third-order valence-electron chi connectivity index (χ3n) is 7.88. The topological polar surface area (TPSA) is 113 Å². The Morgan fingerprint density at radius 1 is 1.12 bits per heavy atom. The van der Waals surface area contributed by atoms with E-state index in [4.69, 9.17) is 17.3 Å². The zero-order valence-electron chi connectivity index (χ0n) is 17.9. The van der Waals surface area contributed by atoms with E-state index < -0.39 is 10.2 Å². The maximum atomic E-state index is 13.0. The van der Waals surface area contributed by atoms with Crippen LogP contribution in [0.1, 0.15) is 38.5 Å². The van der Waals surface area contributed by atoms with Crippen LogP contribution in [-0.2, 0) is 19.8 Å². The number of benzene rings is 1. The normalized spacial score (nSPS) is 35.2. The molecule has 1 heterocycles. The second-order valence-corrected chi connectivity index (χ2v) is 12.3. The third-order valence-corrected chi connectivity index (χ3v) is 10.1. The second-order valence-electron chi connectivity index (χ2n) is 10.1. The molecule has 0 spiro atoms. The predicted molar refractivity (Wildman–Crippen MR) is 121 cm³/mol. The summed E-state index contributed by atoms with van der Waals surface area (Å²) in [4.78, 5) is 24.5. The first-order valence-corrected chi connectivity index (χ1v) is 13.0. The quantitative estimate of drug-likeness (QED) is 0.647. The van der Waals surface area contributed by atoms with Gasteiger partial charge in [0.1, 0.15) is 0 Å². The smallest absolute Gasteiger partial charge is 0.304 e. The number of anilines is 1. The van der Waals surface area contributed by atoms with Crippen LogP contribution in [0.25, 0.3) is 0 Å². The lowest BCUT2D eigenvalue weighted by molar-refractivity contribution is -0.134. The minimum Gasteiger partial charge on any atom is -0.370 e. The number of nitrogens with zero attached hydrogens (tertiary/aromatic N) is 2. The summed E-state index contributed by atoms with van der Waals surface area (Å²) in [6, 6.07) is 6.85. The van der Waals surface area contributed by atoms with Crippen LogP contribution in [0.3, 0.4) is 0 Å². The molecule has 4 saturated carbocycles. The molecule has 1 saturated heterocycles. The van der Waals surface area contributed by atoms with Gasteiger partial charge < -0.3 is 11.1 Å². The van der Waals surface area contributed by atoms with Gasteiger partial charge in [0.2, 0.25) is 11.8 Å². The van der Waals surface area contributed by atoms with Crippen LogP contribution in [-0.4, -0.2) is 50.2 Å². The summed E-state index contributed by atoms with van der Waals surface area (Å²) in [5.74, 6) is 0.757. The Balaban J connectivity index is 1.24. The van der Waals surface area contributed by atoms with Gasteiger partial charge in [-0.3, -0.25) is 13.9 Å². The van der Waals surface area contributed by atoms with Crippen LogP contribution in [0.5, 0.6) is 0 Å². The van der Waals surface area contributed by atoms with E-state index in [0.29, 0.717) is 34.9 Å². The molecule has 0 aromatic heterocycles. The molecule has 2 amide bonds. The lowest BCUT2D eigenvalue weighted by atomic mass is 9.47. The van der Waals surface area contributed by atoms with Crippen LogP contribution < -0.4 is 15.4 Å². The molecule has 32 heavy (non-hydrogen) atoms. The van der Waals surface area contributed by atoms with Gasteiger partial charge in [-0.15, -0.1) is 0 Å². The molecule has 5 aliphatic rings. The van der Waals surface area contributed by atoms with Crippen molar-refractivity contribution in [3.63, 3.8) is 0 Å². The van der Waals surface area contributed by atoms with Crippen molar-refractivity contribution < 1.29 is 18.0 Å². The number of hydrogen-bond acceptors (Lipinski definition) is 4. The van der Waals surface area contributed by atoms with Gasteiger partial charge in [-0.05, 0) is 67.4 Å². The molecule has 5 fully saturated rings. The fourth-order valence-corrected chi connectivity index (χ4v) is 8.92. The van der Waals surface area contributed by atoms with Gasteiger partial charge in [-0.1, -0.05) is 23.7 Å². The van der Waals surface area contributed by atoms with Gasteiger partial charge in [0.05, 0.1) is 17.3 Å². The number of nitrogens with two attached hydrogens (primary N) is 1. The Kier molecular flexibility index (Phi) is 5.41. The summed E-state index contributed by atoms with van der Waals surface area (Å²) in [6.07, 6.45) is 5.44. The third kappa shape index (κ3) is 3.78. The van der Waals surface area contributed by atoms with Gasteiger partial charge in [0.15, 0.2) is 0 Å². The van der Waals surface area contributed by atoms with Crippen molar-refractivity contribution in [2.45, 2.75) is 44.6 Å². The summed E-state index contributed by atoms with van der Waals surface area (Å²) in [5.41, 5.74) is 5.95. The molecule has 10 heteroatoms. The average molecular weight is 481 g/mol. The van der Waals surface area contributed by atoms with Crippen molar-refractivity contribution in [3.05, 3.63) is 29.3 Å². The summed E-state index contributed by atoms with van der Waals surface area (Å²) in [6.45, 7) is 0.294. The zero-order valence-corrected chi connectivity index (χ0v) is 19.4. The molecule has 174 valence electrons. The fraction of sp³-hybridized carbons (Fsp3) is 0.636. The first-order valence-electron chi connectivity index (χ1n) is 11.3. The Labute approximate surface area is 193 Å². The summed E-state index contributed by atoms with van der Waals surface area (Å²) in [5, 5.41) is 3.52. The number of halogens is 1. The molecule has 1 aromatic carbocycles. The van der Waals surface area contributed by atoms with E-state index in [0.717, 1.165) is 32.1 Å². The number of nitrogens with one attached hydrogen (secondary N) is 1. The predicted octanol–water partition coefficient (Wildman–Crippen LogP) is 1.89. The monoisotopic (exact) mass is 480 g/mol. The number of amides is 2. The lowest BCUT2D eigenvalue weighted by Gasteiger charge is -2.60. The first-order chi connectivity index (χ1) is 15.2. The highest BCUT2D eigenvalue weighted by Gasteiger charge is 2.56. The van der Waals surface area contributed by atoms with Crippen molar-refractivity contribution in [1.82, 2.24) is 9.62 Å². The van der Waals surface area contributed by atoms with Gasteiger partial charge in [0, 0.05) is 25.6 Å². The van der Waals surface area contributed by atoms with E-state index in [9.17, 15) is 18.0 Å². The number of carbonyl (C=O) groups excluding carboxylic acids is 2. The Hall–Kier alpha value is -1.84. The van der Waals surface area contributed by atoms with Crippen LogP contribution in [0.2, 0.25) is 5.02 Å². The molecule has 2 atom stereocenters. The highest BCUT2D eigenvalue weighted by molar-refractivity contribution is 7.90. The molecule has 8 nitrogen and oxygen atoms in total. The maximum absolute atomic E-state index is 13.0. The van der Waals surface area contributed by atoms with Crippen molar-refractivity contribution in [3.8, 4) is 0 Å². The molecule has 4 aliphatic carbocycles. The minimum absolute atomic E-state index is 0.00267. The largest absolute Gasteiger partial charge is 0.370 e. The van der Waals surface area contributed by atoms with Crippen molar-refractivity contribution in [2.24, 2.45) is 28.9 Å². The summed E-state index contributed by atoms with van der Waals surface area (Å²) < 4.78 is 28.5. The van der Waals surface area contributed by atoms with Crippen molar-refractivity contribution >= 4 is 39.3 Å². The van der Waals surface area contributed by atoms with E-state index in [1.54, 1.807) is 24.3 Å². The fourth-order valence-electron chi connectivity index (χ4n) is 7.04. The van der Waals surface area contributed by atoms with E-state index in [2.05, 4.69) is 5.32 Å². The molecule has 4 bridgehead atoms. The van der Waals surface area contributed by atoms with Gasteiger partial charge in [-0.25, -0.2) is 0 Å². The van der Waals surface area contributed by atoms with E-state index in [1.807, 2.05) is 0 Å². The maximum Gasteiger partial charge on any atom is 0.304 e. The molecule has 1 aromatic rings. The van der Waals surface area contributed by atoms with Crippen LogP contribution in [0, 0.1) is 23.2 Å². The van der Waals surface area contributed by atoms with Crippen LogP contribution in [0.4, 0.5) is 5.69 Å².